The number of anilines is 1. The van der Waals surface area contributed by atoms with Crippen LogP contribution in [0.4, 0.5) is 10.5 Å². The smallest absolute Gasteiger partial charge is 0.322 e. The number of amides is 2. The fourth-order valence-corrected chi connectivity index (χ4v) is 2.03. The highest BCUT2D eigenvalue weighted by Crippen LogP contribution is 2.12. The zero-order valence-electron chi connectivity index (χ0n) is 11.3. The Bertz CT molecular complexity index is 488. The summed E-state index contributed by atoms with van der Waals surface area (Å²) in [6, 6.07) is -0.264. The number of hydrogen-bond donors (Lipinski definition) is 2. The molecule has 1 atom stereocenters. The predicted octanol–water partition coefficient (Wildman–Crippen LogP) is 0.610. The number of ether oxygens (including phenoxy) is 1. The summed E-state index contributed by atoms with van der Waals surface area (Å²) in [4.78, 5) is 24.3. The first-order valence-electron chi connectivity index (χ1n) is 6.50. The first-order chi connectivity index (χ1) is 9.58. The van der Waals surface area contributed by atoms with Crippen molar-refractivity contribution in [2.75, 3.05) is 25.0 Å². The Kier molecular flexibility index (Phi) is 4.57. The second kappa shape index (κ2) is 6.38. The number of aryl methyl sites for hydroxylation is 1. The molecule has 0 saturated carbocycles. The summed E-state index contributed by atoms with van der Waals surface area (Å²) in [5, 5.41) is 15.6. The van der Waals surface area contributed by atoms with Crippen molar-refractivity contribution in [3.63, 3.8) is 0 Å². The van der Waals surface area contributed by atoms with Crippen LogP contribution in [-0.4, -0.2) is 57.6 Å². The lowest BCUT2D eigenvalue weighted by Crippen LogP contribution is -2.47. The van der Waals surface area contributed by atoms with Gasteiger partial charge in [0.1, 0.15) is 0 Å². The molecule has 0 spiro atoms. The van der Waals surface area contributed by atoms with Gasteiger partial charge in [0.05, 0.1) is 31.0 Å². The molecule has 8 nitrogen and oxygen atoms in total. The average Bonchev–Trinajstić information content (AvgIpc) is 2.86. The lowest BCUT2D eigenvalue weighted by atomic mass is 10.2. The Labute approximate surface area is 116 Å². The third-order valence-corrected chi connectivity index (χ3v) is 3.04. The average molecular weight is 282 g/mol. The van der Waals surface area contributed by atoms with Crippen molar-refractivity contribution in [3.05, 3.63) is 12.4 Å². The van der Waals surface area contributed by atoms with E-state index in [0.29, 0.717) is 18.8 Å². The highest BCUT2D eigenvalue weighted by atomic mass is 16.5. The highest BCUT2D eigenvalue weighted by molar-refractivity contribution is 5.89. The monoisotopic (exact) mass is 282 g/mol. The van der Waals surface area contributed by atoms with Crippen LogP contribution in [0.3, 0.4) is 0 Å². The van der Waals surface area contributed by atoms with Gasteiger partial charge in [0.2, 0.25) is 0 Å². The zero-order chi connectivity index (χ0) is 14.5. The molecule has 1 aromatic heterocycles. The fourth-order valence-electron chi connectivity index (χ4n) is 2.03. The normalized spacial score (nSPS) is 18.9. The molecule has 1 unspecified atom stereocenters. The highest BCUT2D eigenvalue weighted by Gasteiger charge is 2.26. The molecule has 8 heteroatoms. The maximum atomic E-state index is 12.1. The number of carbonyl (C=O) groups excluding carboxylic acids is 1. The Morgan fingerprint density at radius 1 is 1.60 bits per heavy atom. The van der Waals surface area contributed by atoms with Crippen LogP contribution in [0.25, 0.3) is 0 Å². The number of morpholine rings is 1. The van der Waals surface area contributed by atoms with Crippen LogP contribution in [0.15, 0.2) is 12.4 Å². The molecule has 0 bridgehead atoms. The number of nitrogens with zero attached hydrogens (tertiary/aromatic N) is 3. The molecular formula is C12H18N4O4. The summed E-state index contributed by atoms with van der Waals surface area (Å²) in [5.41, 5.74) is 0.623. The number of aliphatic carboxylic acids is 1. The van der Waals surface area contributed by atoms with E-state index in [1.54, 1.807) is 22.0 Å². The molecule has 2 amide bonds. The number of aromatic nitrogens is 2. The summed E-state index contributed by atoms with van der Waals surface area (Å²) >= 11 is 0. The van der Waals surface area contributed by atoms with Crippen molar-refractivity contribution >= 4 is 17.7 Å². The minimum atomic E-state index is -0.929. The molecule has 20 heavy (non-hydrogen) atoms. The molecule has 2 rings (SSSR count). The minimum Gasteiger partial charge on any atom is -0.481 e. The van der Waals surface area contributed by atoms with Gasteiger partial charge in [-0.25, -0.2) is 4.79 Å². The number of carboxylic acids is 1. The van der Waals surface area contributed by atoms with E-state index in [1.807, 2.05) is 6.92 Å². The molecule has 1 fully saturated rings. The second-order valence-electron chi connectivity index (χ2n) is 4.55. The maximum Gasteiger partial charge on any atom is 0.322 e. The molecule has 0 aromatic carbocycles. The van der Waals surface area contributed by atoms with E-state index >= 15 is 0 Å². The predicted molar refractivity (Wildman–Crippen MR) is 70.5 cm³/mol. The molecule has 0 aliphatic carbocycles. The van der Waals surface area contributed by atoms with Gasteiger partial charge >= 0.3 is 12.0 Å². The molecule has 1 aromatic rings. The Hall–Kier alpha value is -2.09. The van der Waals surface area contributed by atoms with Gasteiger partial charge in [-0.05, 0) is 6.92 Å². The lowest BCUT2D eigenvalue weighted by Gasteiger charge is -2.32. The van der Waals surface area contributed by atoms with E-state index in [9.17, 15) is 9.59 Å². The summed E-state index contributed by atoms with van der Waals surface area (Å²) in [6.07, 6.45) is 2.77. The number of hydrogen-bond acceptors (Lipinski definition) is 4. The van der Waals surface area contributed by atoms with Crippen molar-refractivity contribution < 1.29 is 19.4 Å². The fraction of sp³-hybridized carbons (Fsp3) is 0.583. The summed E-state index contributed by atoms with van der Waals surface area (Å²) < 4.78 is 7.03. The SMILES string of the molecule is CCn1cc(NC(=O)N2CCOC(CC(=O)O)C2)cn1. The van der Waals surface area contributed by atoms with E-state index in [1.165, 1.54) is 0 Å². The molecule has 1 aliphatic rings. The van der Waals surface area contributed by atoms with Crippen molar-refractivity contribution in [2.24, 2.45) is 0 Å². The van der Waals surface area contributed by atoms with E-state index in [2.05, 4.69) is 10.4 Å². The standard InChI is InChI=1S/C12H18N4O4/c1-2-16-7-9(6-13-16)14-12(19)15-3-4-20-10(8-15)5-11(17)18/h6-7,10H,2-5,8H2,1H3,(H,14,19)(H,17,18). The van der Waals surface area contributed by atoms with Gasteiger partial charge in [0.15, 0.2) is 0 Å². The van der Waals surface area contributed by atoms with Gasteiger partial charge in [-0.2, -0.15) is 5.10 Å². The van der Waals surface area contributed by atoms with E-state index in [-0.39, 0.29) is 19.0 Å². The molecule has 1 aliphatic heterocycles. The number of carbonyl (C=O) groups is 2. The molecule has 110 valence electrons. The third-order valence-electron chi connectivity index (χ3n) is 3.04. The first-order valence-corrected chi connectivity index (χ1v) is 6.50. The topological polar surface area (TPSA) is 96.7 Å². The van der Waals surface area contributed by atoms with Gasteiger partial charge in [0, 0.05) is 25.8 Å². The number of urea groups is 1. The number of rotatable bonds is 4. The van der Waals surface area contributed by atoms with E-state index < -0.39 is 12.1 Å². The van der Waals surface area contributed by atoms with Crippen molar-refractivity contribution in [2.45, 2.75) is 26.0 Å². The molecule has 1 saturated heterocycles. The van der Waals surface area contributed by atoms with Crippen molar-refractivity contribution in [1.29, 1.82) is 0 Å². The Morgan fingerprint density at radius 2 is 2.40 bits per heavy atom. The van der Waals surface area contributed by atoms with Crippen LogP contribution in [0.2, 0.25) is 0 Å². The van der Waals surface area contributed by atoms with Gasteiger partial charge < -0.3 is 20.1 Å². The summed E-state index contributed by atoms with van der Waals surface area (Å²) in [5.74, 6) is -0.929. The van der Waals surface area contributed by atoms with Gasteiger partial charge in [-0.3, -0.25) is 9.48 Å². The zero-order valence-corrected chi connectivity index (χ0v) is 11.3. The summed E-state index contributed by atoms with van der Waals surface area (Å²) in [7, 11) is 0. The van der Waals surface area contributed by atoms with Crippen LogP contribution in [-0.2, 0) is 16.1 Å². The summed E-state index contributed by atoms with van der Waals surface area (Å²) in [6.45, 7) is 3.76. The Morgan fingerprint density at radius 3 is 3.05 bits per heavy atom. The first kappa shape index (κ1) is 14.3. The Balaban J connectivity index is 1.89. The van der Waals surface area contributed by atoms with Crippen LogP contribution in [0.5, 0.6) is 0 Å². The third kappa shape index (κ3) is 3.70. The lowest BCUT2D eigenvalue weighted by molar-refractivity contribution is -0.141. The van der Waals surface area contributed by atoms with Crippen LogP contribution in [0, 0.1) is 0 Å². The van der Waals surface area contributed by atoms with Crippen molar-refractivity contribution in [1.82, 2.24) is 14.7 Å². The van der Waals surface area contributed by atoms with E-state index in [0.717, 1.165) is 6.54 Å². The van der Waals surface area contributed by atoms with E-state index in [4.69, 9.17) is 9.84 Å². The molecule has 0 radical (unpaired) electrons. The van der Waals surface area contributed by atoms with Crippen molar-refractivity contribution in [3.8, 4) is 0 Å². The van der Waals surface area contributed by atoms with Crippen LogP contribution >= 0.6 is 0 Å². The number of carboxylic acid groups (broad SMARTS) is 1. The molecule has 2 N–H and O–H groups in total. The largest absolute Gasteiger partial charge is 0.481 e. The van der Waals surface area contributed by atoms with Crippen LogP contribution < -0.4 is 5.32 Å². The minimum absolute atomic E-state index is 0.0997. The molecule has 2 heterocycles. The second-order valence-corrected chi connectivity index (χ2v) is 4.55. The van der Waals surface area contributed by atoms with Crippen LogP contribution in [0.1, 0.15) is 13.3 Å². The quantitative estimate of drug-likeness (QED) is 0.843. The van der Waals surface area contributed by atoms with Gasteiger partial charge in [0.25, 0.3) is 0 Å². The van der Waals surface area contributed by atoms with Gasteiger partial charge in [-0.1, -0.05) is 0 Å². The number of nitrogens with one attached hydrogen (secondary N) is 1. The van der Waals surface area contributed by atoms with Gasteiger partial charge in [-0.15, -0.1) is 0 Å². The maximum absolute atomic E-state index is 12.1. The molecular weight excluding hydrogens is 264 g/mol.